The quantitative estimate of drug-likeness (QED) is 0.802. The Kier molecular flexibility index (Phi) is 6.17. The molecule has 0 aliphatic heterocycles. The Morgan fingerprint density at radius 1 is 1.29 bits per heavy atom. The molecule has 1 rings (SSSR count). The molecule has 0 aliphatic rings. The smallest absolute Gasteiger partial charge is 0.0410 e. The Morgan fingerprint density at radius 2 is 2.00 bits per heavy atom. The van der Waals surface area contributed by atoms with Crippen molar-refractivity contribution in [3.8, 4) is 0 Å². The predicted molar refractivity (Wildman–Crippen MR) is 77.7 cm³/mol. The van der Waals surface area contributed by atoms with E-state index in [1.807, 2.05) is 11.3 Å². The van der Waals surface area contributed by atoms with Crippen LogP contribution in [0, 0.1) is 5.92 Å². The molecule has 2 nitrogen and oxygen atoms in total. The zero-order valence-corrected chi connectivity index (χ0v) is 12.6. The third-order valence-electron chi connectivity index (χ3n) is 3.55. The van der Waals surface area contributed by atoms with Gasteiger partial charge >= 0.3 is 0 Å². The topological polar surface area (TPSA) is 15.3 Å². The minimum absolute atomic E-state index is 0.520. The van der Waals surface area contributed by atoms with Gasteiger partial charge in [-0.3, -0.25) is 4.90 Å². The normalized spacial score (nSPS) is 15.5. The highest BCUT2D eigenvalue weighted by molar-refractivity contribution is 7.10. The molecule has 0 amide bonds. The summed E-state index contributed by atoms with van der Waals surface area (Å²) in [5, 5.41) is 5.73. The number of nitrogens with one attached hydrogen (secondary N) is 1. The number of rotatable bonds is 7. The summed E-state index contributed by atoms with van der Waals surface area (Å²) in [4.78, 5) is 3.86. The molecule has 0 bridgehead atoms. The van der Waals surface area contributed by atoms with Crippen LogP contribution in [0.25, 0.3) is 0 Å². The van der Waals surface area contributed by atoms with Gasteiger partial charge in [-0.2, -0.15) is 0 Å². The average molecular weight is 254 g/mol. The van der Waals surface area contributed by atoms with Gasteiger partial charge in [0.15, 0.2) is 0 Å². The number of thiophene rings is 1. The first-order chi connectivity index (χ1) is 8.02. The molecule has 0 saturated heterocycles. The second-order valence-corrected chi connectivity index (χ2v) is 6.14. The molecule has 0 aromatic carbocycles. The molecule has 0 radical (unpaired) electrons. The lowest BCUT2D eigenvalue weighted by atomic mass is 10.1. The predicted octanol–water partition coefficient (Wildman–Crippen LogP) is 3.38. The van der Waals surface area contributed by atoms with Gasteiger partial charge < -0.3 is 5.32 Å². The Morgan fingerprint density at radius 3 is 2.53 bits per heavy atom. The van der Waals surface area contributed by atoms with Crippen LogP contribution >= 0.6 is 11.3 Å². The van der Waals surface area contributed by atoms with E-state index in [2.05, 4.69) is 62.5 Å². The Balaban J connectivity index is 2.28. The lowest BCUT2D eigenvalue weighted by Gasteiger charge is -2.25. The molecule has 1 aromatic heterocycles. The summed E-state index contributed by atoms with van der Waals surface area (Å²) in [6.45, 7) is 11.2. The highest BCUT2D eigenvalue weighted by Gasteiger charge is 2.12. The number of hydrogen-bond acceptors (Lipinski definition) is 3. The van der Waals surface area contributed by atoms with Crippen LogP contribution in [0.15, 0.2) is 17.5 Å². The van der Waals surface area contributed by atoms with Gasteiger partial charge in [-0.05, 0) is 38.3 Å². The van der Waals surface area contributed by atoms with Crippen molar-refractivity contribution in [3.05, 3.63) is 22.4 Å². The summed E-state index contributed by atoms with van der Waals surface area (Å²) in [6, 6.07) is 5.46. The molecule has 1 N–H and O–H groups in total. The zero-order chi connectivity index (χ0) is 12.8. The first-order valence-electron chi connectivity index (χ1n) is 6.49. The second-order valence-electron chi connectivity index (χ2n) is 5.16. The van der Waals surface area contributed by atoms with E-state index < -0.39 is 0 Å². The SMILES string of the molecule is CC(C)C(C)NCCN(C)C(C)c1cccs1. The lowest BCUT2D eigenvalue weighted by molar-refractivity contribution is 0.256. The number of nitrogens with zero attached hydrogens (tertiary/aromatic N) is 1. The van der Waals surface area contributed by atoms with Gasteiger partial charge in [0.05, 0.1) is 0 Å². The van der Waals surface area contributed by atoms with E-state index in [0.717, 1.165) is 13.1 Å². The van der Waals surface area contributed by atoms with Crippen LogP contribution < -0.4 is 5.32 Å². The van der Waals surface area contributed by atoms with Gasteiger partial charge in [-0.1, -0.05) is 19.9 Å². The summed E-state index contributed by atoms with van der Waals surface area (Å²) >= 11 is 1.84. The van der Waals surface area contributed by atoms with Crippen molar-refractivity contribution in [1.29, 1.82) is 0 Å². The van der Waals surface area contributed by atoms with E-state index in [-0.39, 0.29) is 0 Å². The fourth-order valence-electron chi connectivity index (χ4n) is 1.64. The van der Waals surface area contributed by atoms with Crippen molar-refractivity contribution in [2.75, 3.05) is 20.1 Å². The maximum atomic E-state index is 3.57. The van der Waals surface area contributed by atoms with E-state index >= 15 is 0 Å². The molecular weight excluding hydrogens is 228 g/mol. The zero-order valence-electron chi connectivity index (χ0n) is 11.7. The summed E-state index contributed by atoms with van der Waals surface area (Å²) < 4.78 is 0. The molecule has 0 fully saturated rings. The molecule has 0 saturated carbocycles. The van der Waals surface area contributed by atoms with Gasteiger partial charge in [0.1, 0.15) is 0 Å². The maximum Gasteiger partial charge on any atom is 0.0410 e. The first-order valence-corrected chi connectivity index (χ1v) is 7.37. The van der Waals surface area contributed by atoms with Crippen molar-refractivity contribution in [2.45, 2.75) is 39.8 Å². The lowest BCUT2D eigenvalue weighted by Crippen LogP contribution is -2.37. The Labute approximate surface area is 110 Å². The van der Waals surface area contributed by atoms with Gasteiger partial charge in [0.2, 0.25) is 0 Å². The second kappa shape index (κ2) is 7.14. The first kappa shape index (κ1) is 14.7. The fourth-order valence-corrected chi connectivity index (χ4v) is 2.49. The molecule has 3 heteroatoms. The minimum Gasteiger partial charge on any atom is -0.313 e. The molecule has 0 spiro atoms. The van der Waals surface area contributed by atoms with Crippen LogP contribution in [-0.2, 0) is 0 Å². The molecular formula is C14H26N2S. The molecule has 2 unspecified atom stereocenters. The van der Waals surface area contributed by atoms with Crippen molar-refractivity contribution in [1.82, 2.24) is 10.2 Å². The van der Waals surface area contributed by atoms with Crippen molar-refractivity contribution < 1.29 is 0 Å². The fraction of sp³-hybridized carbons (Fsp3) is 0.714. The highest BCUT2D eigenvalue weighted by Crippen LogP contribution is 2.22. The summed E-state index contributed by atoms with van der Waals surface area (Å²) in [7, 11) is 2.20. The molecule has 1 heterocycles. The minimum atomic E-state index is 0.520. The van der Waals surface area contributed by atoms with Crippen LogP contribution in [0.4, 0.5) is 0 Å². The van der Waals surface area contributed by atoms with E-state index in [0.29, 0.717) is 18.0 Å². The van der Waals surface area contributed by atoms with E-state index in [1.165, 1.54) is 4.88 Å². The van der Waals surface area contributed by atoms with E-state index in [4.69, 9.17) is 0 Å². The van der Waals surface area contributed by atoms with Crippen molar-refractivity contribution in [2.24, 2.45) is 5.92 Å². The van der Waals surface area contributed by atoms with Gasteiger partial charge in [-0.15, -0.1) is 11.3 Å². The van der Waals surface area contributed by atoms with Crippen LogP contribution in [0.1, 0.15) is 38.6 Å². The van der Waals surface area contributed by atoms with E-state index in [1.54, 1.807) is 0 Å². The number of likely N-dealkylation sites (N-methyl/N-ethyl adjacent to an activating group) is 1. The van der Waals surface area contributed by atoms with Crippen LogP contribution in [0.5, 0.6) is 0 Å². The van der Waals surface area contributed by atoms with Crippen molar-refractivity contribution in [3.63, 3.8) is 0 Å². The van der Waals surface area contributed by atoms with Gasteiger partial charge in [0.25, 0.3) is 0 Å². The Hall–Kier alpha value is -0.380. The Bertz CT molecular complexity index is 295. The highest BCUT2D eigenvalue weighted by atomic mass is 32.1. The van der Waals surface area contributed by atoms with Crippen LogP contribution in [-0.4, -0.2) is 31.1 Å². The van der Waals surface area contributed by atoms with Crippen LogP contribution in [0.3, 0.4) is 0 Å². The van der Waals surface area contributed by atoms with E-state index in [9.17, 15) is 0 Å². The van der Waals surface area contributed by atoms with Crippen molar-refractivity contribution >= 4 is 11.3 Å². The number of hydrogen-bond donors (Lipinski definition) is 1. The molecule has 17 heavy (non-hydrogen) atoms. The molecule has 2 atom stereocenters. The largest absolute Gasteiger partial charge is 0.313 e. The molecule has 98 valence electrons. The third kappa shape index (κ3) is 4.78. The summed E-state index contributed by atoms with van der Waals surface area (Å²) in [5.41, 5.74) is 0. The van der Waals surface area contributed by atoms with Gasteiger partial charge in [0, 0.05) is 30.1 Å². The third-order valence-corrected chi connectivity index (χ3v) is 4.59. The molecule has 1 aromatic rings. The van der Waals surface area contributed by atoms with Gasteiger partial charge in [-0.25, -0.2) is 0 Å². The monoisotopic (exact) mass is 254 g/mol. The van der Waals surface area contributed by atoms with Crippen LogP contribution in [0.2, 0.25) is 0 Å². The standard InChI is InChI=1S/C14H26N2S/c1-11(2)12(3)15-8-9-16(5)13(4)14-7-6-10-17-14/h6-7,10-13,15H,8-9H2,1-5H3. The summed E-state index contributed by atoms with van der Waals surface area (Å²) in [6.07, 6.45) is 0. The maximum absolute atomic E-state index is 3.57. The summed E-state index contributed by atoms with van der Waals surface area (Å²) in [5.74, 6) is 0.704. The molecule has 0 aliphatic carbocycles. The average Bonchev–Trinajstić information content (AvgIpc) is 2.80.